The van der Waals surface area contributed by atoms with Gasteiger partial charge in [0.1, 0.15) is 0 Å². The minimum atomic E-state index is 0.665. The van der Waals surface area contributed by atoms with E-state index < -0.39 is 0 Å². The Morgan fingerprint density at radius 3 is 1.75 bits per heavy atom. The highest BCUT2D eigenvalue weighted by Crippen LogP contribution is 2.11. The van der Waals surface area contributed by atoms with E-state index in [0.29, 0.717) is 12.1 Å². The zero-order chi connectivity index (χ0) is 9.56. The van der Waals surface area contributed by atoms with Gasteiger partial charge >= 0.3 is 0 Å². The Morgan fingerprint density at radius 2 is 1.50 bits per heavy atom. The smallest absolute Gasteiger partial charge is 0.0351 e. The van der Waals surface area contributed by atoms with Gasteiger partial charge in [-0.3, -0.25) is 4.90 Å². The summed E-state index contributed by atoms with van der Waals surface area (Å²) in [6.45, 7) is 10.0. The molecule has 2 unspecified atom stereocenters. The summed E-state index contributed by atoms with van der Waals surface area (Å²) in [7, 11) is 0. The van der Waals surface area contributed by atoms with Crippen LogP contribution in [0.4, 0.5) is 0 Å². The Bertz CT molecular complexity index is 96.0. The van der Waals surface area contributed by atoms with E-state index in [-0.39, 0.29) is 0 Å². The van der Waals surface area contributed by atoms with Crippen molar-refractivity contribution in [2.75, 3.05) is 12.4 Å². The van der Waals surface area contributed by atoms with E-state index in [9.17, 15) is 0 Å². The summed E-state index contributed by atoms with van der Waals surface area (Å²) in [5.74, 6) is 0.745. The van der Waals surface area contributed by atoms with Gasteiger partial charge in [-0.25, -0.2) is 0 Å². The van der Waals surface area contributed by atoms with Crippen LogP contribution in [0.3, 0.4) is 0 Å². The first-order chi connectivity index (χ1) is 5.67. The van der Waals surface area contributed by atoms with Crippen LogP contribution in [0.5, 0.6) is 0 Å². The fourth-order valence-corrected chi connectivity index (χ4v) is 1.64. The molecule has 0 fully saturated rings. The number of rotatable bonds is 6. The van der Waals surface area contributed by atoms with Crippen LogP contribution in [-0.4, -0.2) is 29.4 Å². The van der Waals surface area contributed by atoms with Gasteiger partial charge in [0.25, 0.3) is 0 Å². The van der Waals surface area contributed by atoms with Gasteiger partial charge in [0.15, 0.2) is 0 Å². The van der Waals surface area contributed by atoms with Crippen molar-refractivity contribution in [1.29, 1.82) is 0 Å². The zero-order valence-electron chi connectivity index (χ0n) is 8.81. The van der Waals surface area contributed by atoms with E-state index >= 15 is 0 Å². The summed E-state index contributed by atoms with van der Waals surface area (Å²) in [5.41, 5.74) is 0. The maximum atomic E-state index is 5.76. The van der Waals surface area contributed by atoms with Gasteiger partial charge in [0.05, 0.1) is 0 Å². The second kappa shape index (κ2) is 6.73. The Balaban J connectivity index is 4.01. The average Bonchev–Trinajstić information content (AvgIpc) is 2.11. The molecule has 0 bridgehead atoms. The molecule has 0 aromatic carbocycles. The van der Waals surface area contributed by atoms with E-state index in [4.69, 9.17) is 11.6 Å². The number of hydrogen-bond acceptors (Lipinski definition) is 1. The topological polar surface area (TPSA) is 3.24 Å². The minimum Gasteiger partial charge on any atom is -0.297 e. The molecule has 0 heterocycles. The lowest BCUT2D eigenvalue weighted by molar-refractivity contribution is 0.156. The zero-order valence-corrected chi connectivity index (χ0v) is 9.56. The molecule has 0 aromatic heterocycles. The first kappa shape index (κ1) is 12.2. The monoisotopic (exact) mass is 191 g/mol. The highest BCUT2D eigenvalue weighted by molar-refractivity contribution is 6.18. The van der Waals surface area contributed by atoms with E-state index in [2.05, 4.69) is 32.6 Å². The lowest BCUT2D eigenvalue weighted by Crippen LogP contribution is -2.40. The number of alkyl halides is 1. The maximum Gasteiger partial charge on any atom is 0.0351 e. The molecule has 2 atom stereocenters. The molecule has 0 saturated heterocycles. The summed E-state index contributed by atoms with van der Waals surface area (Å²) >= 11 is 5.76. The fraction of sp³-hybridized carbons (Fsp3) is 1.00. The van der Waals surface area contributed by atoms with Crippen LogP contribution >= 0.6 is 11.6 Å². The predicted molar refractivity (Wildman–Crippen MR) is 56.9 cm³/mol. The maximum absolute atomic E-state index is 5.76. The first-order valence-electron chi connectivity index (χ1n) is 4.99. The molecule has 0 amide bonds. The van der Waals surface area contributed by atoms with Crippen molar-refractivity contribution in [1.82, 2.24) is 4.90 Å². The standard InChI is InChI=1S/C10H22ClN/c1-5-9(3)12(8-7-11)10(4)6-2/h9-10H,5-8H2,1-4H3. The van der Waals surface area contributed by atoms with Crippen LogP contribution in [-0.2, 0) is 0 Å². The van der Waals surface area contributed by atoms with E-state index in [1.807, 2.05) is 0 Å². The lowest BCUT2D eigenvalue weighted by atomic mass is 10.1. The molecule has 12 heavy (non-hydrogen) atoms. The van der Waals surface area contributed by atoms with E-state index in [0.717, 1.165) is 12.4 Å². The number of halogens is 1. The molecule has 0 aromatic rings. The van der Waals surface area contributed by atoms with Crippen molar-refractivity contribution in [3.8, 4) is 0 Å². The third-order valence-electron chi connectivity index (χ3n) is 2.66. The quantitative estimate of drug-likeness (QED) is 0.584. The van der Waals surface area contributed by atoms with Gasteiger partial charge in [0.2, 0.25) is 0 Å². The van der Waals surface area contributed by atoms with Crippen LogP contribution in [0.25, 0.3) is 0 Å². The molecule has 0 rings (SSSR count). The second-order valence-electron chi connectivity index (χ2n) is 3.44. The van der Waals surface area contributed by atoms with Gasteiger partial charge in [-0.1, -0.05) is 13.8 Å². The molecule has 0 aliphatic rings. The summed E-state index contributed by atoms with van der Waals surface area (Å²) in [6.07, 6.45) is 2.42. The molecular formula is C10H22ClN. The molecule has 74 valence electrons. The Hall–Kier alpha value is 0.250. The largest absolute Gasteiger partial charge is 0.297 e. The molecule has 0 aliphatic carbocycles. The van der Waals surface area contributed by atoms with Crippen LogP contribution < -0.4 is 0 Å². The molecule has 0 spiro atoms. The van der Waals surface area contributed by atoms with Crippen molar-refractivity contribution in [3.63, 3.8) is 0 Å². The summed E-state index contributed by atoms with van der Waals surface area (Å²) < 4.78 is 0. The molecule has 0 radical (unpaired) electrons. The minimum absolute atomic E-state index is 0.665. The third kappa shape index (κ3) is 3.77. The van der Waals surface area contributed by atoms with E-state index in [1.54, 1.807) is 0 Å². The number of hydrogen-bond donors (Lipinski definition) is 0. The fourth-order valence-electron chi connectivity index (χ4n) is 1.44. The predicted octanol–water partition coefficient (Wildman–Crippen LogP) is 3.12. The summed E-state index contributed by atoms with van der Waals surface area (Å²) in [4.78, 5) is 2.49. The Labute approximate surface area is 82.1 Å². The SMILES string of the molecule is CCC(C)N(CCCl)C(C)CC. The molecular weight excluding hydrogens is 170 g/mol. The first-order valence-corrected chi connectivity index (χ1v) is 5.52. The van der Waals surface area contributed by atoms with Gasteiger partial charge in [-0.15, -0.1) is 11.6 Å². The number of nitrogens with zero attached hydrogens (tertiary/aromatic N) is 1. The highest BCUT2D eigenvalue weighted by Gasteiger charge is 2.16. The molecule has 0 N–H and O–H groups in total. The Morgan fingerprint density at radius 1 is 1.08 bits per heavy atom. The van der Waals surface area contributed by atoms with Crippen molar-refractivity contribution in [2.24, 2.45) is 0 Å². The summed E-state index contributed by atoms with van der Waals surface area (Å²) in [5, 5.41) is 0. The van der Waals surface area contributed by atoms with E-state index in [1.165, 1.54) is 12.8 Å². The van der Waals surface area contributed by atoms with Crippen molar-refractivity contribution in [2.45, 2.75) is 52.6 Å². The van der Waals surface area contributed by atoms with Crippen LogP contribution in [0.1, 0.15) is 40.5 Å². The van der Waals surface area contributed by atoms with Gasteiger partial charge in [-0.05, 0) is 26.7 Å². The normalized spacial score (nSPS) is 16.5. The summed E-state index contributed by atoms with van der Waals surface area (Å²) in [6, 6.07) is 1.33. The van der Waals surface area contributed by atoms with Gasteiger partial charge in [0, 0.05) is 24.5 Å². The highest BCUT2D eigenvalue weighted by atomic mass is 35.5. The molecule has 2 heteroatoms. The van der Waals surface area contributed by atoms with Gasteiger partial charge in [-0.2, -0.15) is 0 Å². The van der Waals surface area contributed by atoms with Crippen LogP contribution in [0.2, 0.25) is 0 Å². The van der Waals surface area contributed by atoms with Crippen LogP contribution in [0.15, 0.2) is 0 Å². The molecule has 0 saturated carbocycles. The van der Waals surface area contributed by atoms with Crippen molar-refractivity contribution in [3.05, 3.63) is 0 Å². The molecule has 1 nitrogen and oxygen atoms in total. The Kier molecular flexibility index (Phi) is 6.87. The van der Waals surface area contributed by atoms with Crippen molar-refractivity contribution < 1.29 is 0 Å². The third-order valence-corrected chi connectivity index (χ3v) is 2.83. The molecule has 0 aliphatic heterocycles. The lowest BCUT2D eigenvalue weighted by Gasteiger charge is -2.33. The second-order valence-corrected chi connectivity index (χ2v) is 3.82. The average molecular weight is 192 g/mol. The van der Waals surface area contributed by atoms with Gasteiger partial charge < -0.3 is 0 Å². The van der Waals surface area contributed by atoms with Crippen molar-refractivity contribution >= 4 is 11.6 Å². The van der Waals surface area contributed by atoms with Crippen LogP contribution in [0, 0.1) is 0 Å².